The van der Waals surface area contributed by atoms with Gasteiger partial charge in [-0.15, -0.1) is 0 Å². The molecule has 1 fully saturated rings. The van der Waals surface area contributed by atoms with Crippen molar-refractivity contribution in [3.63, 3.8) is 0 Å². The third-order valence-corrected chi connectivity index (χ3v) is 2.99. The predicted molar refractivity (Wildman–Crippen MR) is 71.6 cm³/mol. The summed E-state index contributed by atoms with van der Waals surface area (Å²) in [5.74, 6) is -0.150. The van der Waals surface area contributed by atoms with Crippen molar-refractivity contribution in [3.8, 4) is 0 Å². The van der Waals surface area contributed by atoms with Crippen molar-refractivity contribution in [2.24, 2.45) is 5.73 Å². The molecule has 4 N–H and O–H groups in total. The van der Waals surface area contributed by atoms with E-state index in [2.05, 4.69) is 10.6 Å². The minimum Gasteiger partial charge on any atom is -0.382 e. The van der Waals surface area contributed by atoms with Crippen LogP contribution >= 0.6 is 0 Å². The van der Waals surface area contributed by atoms with Gasteiger partial charge in [-0.05, 0) is 37.1 Å². The summed E-state index contributed by atoms with van der Waals surface area (Å²) in [6.07, 6.45) is 2.04. The lowest BCUT2D eigenvalue weighted by atomic mass is 9.87. The number of hydrogen-bond donors (Lipinski definition) is 3. The molecule has 0 spiro atoms. The number of rotatable bonds is 5. The molecule has 1 saturated carbocycles. The molecule has 0 bridgehead atoms. The van der Waals surface area contributed by atoms with Crippen molar-refractivity contribution in [1.29, 1.82) is 0 Å². The Hall–Kier alpha value is -1.59. The molecule has 1 aromatic rings. The van der Waals surface area contributed by atoms with E-state index in [9.17, 15) is 4.79 Å². The Morgan fingerprint density at radius 3 is 2.50 bits per heavy atom. The smallest absolute Gasteiger partial charge is 0.250 e. The molecule has 1 amide bonds. The molecule has 5 heteroatoms. The predicted octanol–water partition coefficient (Wildman–Crippen LogP) is 1.17. The summed E-state index contributed by atoms with van der Waals surface area (Å²) in [6.45, 7) is 0.0694. The lowest BCUT2D eigenvalue weighted by molar-refractivity contribution is -0.119. The van der Waals surface area contributed by atoms with Crippen molar-refractivity contribution in [2.75, 3.05) is 24.4 Å². The molecule has 5 nitrogen and oxygen atoms in total. The van der Waals surface area contributed by atoms with Crippen molar-refractivity contribution >= 4 is 17.3 Å². The van der Waals surface area contributed by atoms with Crippen LogP contribution in [0.15, 0.2) is 24.3 Å². The second kappa shape index (κ2) is 5.84. The molecule has 0 atom stereocenters. The van der Waals surface area contributed by atoms with Crippen LogP contribution < -0.4 is 16.4 Å². The number of nitrogens with two attached hydrogens (primary N) is 1. The van der Waals surface area contributed by atoms with E-state index < -0.39 is 0 Å². The zero-order valence-corrected chi connectivity index (χ0v) is 10.5. The van der Waals surface area contributed by atoms with E-state index in [-0.39, 0.29) is 12.5 Å². The number of nitrogens with one attached hydrogen (secondary N) is 2. The van der Waals surface area contributed by atoms with Crippen LogP contribution in [0.3, 0.4) is 0 Å². The summed E-state index contributed by atoms with van der Waals surface area (Å²) >= 11 is 0. The molecule has 0 aromatic heterocycles. The van der Waals surface area contributed by atoms with Crippen LogP contribution in [0.4, 0.5) is 11.4 Å². The van der Waals surface area contributed by atoms with Gasteiger partial charge < -0.3 is 21.1 Å². The maximum Gasteiger partial charge on any atom is 0.250 e. The average molecular weight is 249 g/mol. The minimum atomic E-state index is -0.150. The fourth-order valence-corrected chi connectivity index (χ4v) is 1.99. The van der Waals surface area contributed by atoms with Crippen LogP contribution in [0.5, 0.6) is 0 Å². The van der Waals surface area contributed by atoms with Gasteiger partial charge in [-0.25, -0.2) is 0 Å². The largest absolute Gasteiger partial charge is 0.382 e. The highest BCUT2D eigenvalue weighted by atomic mass is 16.5. The fraction of sp³-hybridized carbons (Fsp3) is 0.462. The Labute approximate surface area is 107 Å². The van der Waals surface area contributed by atoms with Crippen LogP contribution in [0.25, 0.3) is 0 Å². The number of carbonyl (C=O) groups is 1. The van der Waals surface area contributed by atoms with Gasteiger partial charge in [0.15, 0.2) is 0 Å². The first-order chi connectivity index (χ1) is 8.67. The Kier molecular flexibility index (Phi) is 4.17. The first-order valence-electron chi connectivity index (χ1n) is 6.08. The molecule has 0 radical (unpaired) electrons. The van der Waals surface area contributed by atoms with Crippen LogP contribution in [0.2, 0.25) is 0 Å². The molecular weight excluding hydrogens is 230 g/mol. The molecule has 98 valence electrons. The Balaban J connectivity index is 1.83. The molecule has 1 aromatic carbocycles. The standard InChI is InChI=1S/C13H19N3O2/c1-18-8-13(17)16-11-4-2-10(3-5-11)15-12-6-9(14)7-12/h2-5,9,12,15H,6-8,14H2,1H3,(H,16,17). The number of ether oxygens (including phenoxy) is 1. The molecule has 0 heterocycles. The molecule has 1 aliphatic rings. The van der Waals surface area contributed by atoms with Gasteiger partial charge in [-0.2, -0.15) is 0 Å². The molecule has 18 heavy (non-hydrogen) atoms. The number of anilines is 2. The summed E-state index contributed by atoms with van der Waals surface area (Å²) in [5.41, 5.74) is 7.55. The van der Waals surface area contributed by atoms with Crippen LogP contribution in [0, 0.1) is 0 Å². The first kappa shape index (κ1) is 12.9. The van der Waals surface area contributed by atoms with Gasteiger partial charge >= 0.3 is 0 Å². The molecule has 0 aliphatic heterocycles. The summed E-state index contributed by atoms with van der Waals surface area (Å²) in [4.78, 5) is 11.3. The zero-order chi connectivity index (χ0) is 13.0. The number of amides is 1. The Morgan fingerprint density at radius 1 is 1.33 bits per heavy atom. The fourth-order valence-electron chi connectivity index (χ4n) is 1.99. The monoisotopic (exact) mass is 249 g/mol. The average Bonchev–Trinajstić information content (AvgIpc) is 2.30. The first-order valence-corrected chi connectivity index (χ1v) is 6.08. The lowest BCUT2D eigenvalue weighted by Crippen LogP contribution is -2.44. The highest BCUT2D eigenvalue weighted by Gasteiger charge is 2.25. The lowest BCUT2D eigenvalue weighted by Gasteiger charge is -2.33. The van der Waals surface area contributed by atoms with E-state index >= 15 is 0 Å². The van der Waals surface area contributed by atoms with Gasteiger partial charge in [0.25, 0.3) is 0 Å². The zero-order valence-electron chi connectivity index (χ0n) is 10.5. The van der Waals surface area contributed by atoms with Gasteiger partial charge in [-0.3, -0.25) is 4.79 Å². The molecule has 2 rings (SSSR count). The SMILES string of the molecule is COCC(=O)Nc1ccc(NC2CC(N)C2)cc1. The van der Waals surface area contributed by atoms with Crippen LogP contribution in [-0.4, -0.2) is 31.7 Å². The molecular formula is C13H19N3O2. The van der Waals surface area contributed by atoms with Crippen molar-refractivity contribution in [3.05, 3.63) is 24.3 Å². The Morgan fingerprint density at radius 2 is 1.94 bits per heavy atom. The second-order valence-corrected chi connectivity index (χ2v) is 4.63. The van der Waals surface area contributed by atoms with Gasteiger partial charge in [0, 0.05) is 30.6 Å². The van der Waals surface area contributed by atoms with E-state index in [0.717, 1.165) is 24.2 Å². The summed E-state index contributed by atoms with van der Waals surface area (Å²) in [5, 5.41) is 6.14. The Bertz CT molecular complexity index is 399. The number of carbonyl (C=O) groups excluding carboxylic acids is 1. The van der Waals surface area contributed by atoms with Crippen LogP contribution in [-0.2, 0) is 9.53 Å². The van der Waals surface area contributed by atoms with E-state index in [1.807, 2.05) is 24.3 Å². The van der Waals surface area contributed by atoms with Gasteiger partial charge in [0.05, 0.1) is 0 Å². The number of benzene rings is 1. The van der Waals surface area contributed by atoms with Gasteiger partial charge in [0.2, 0.25) is 5.91 Å². The topological polar surface area (TPSA) is 76.4 Å². The molecule has 0 saturated heterocycles. The number of hydrogen-bond acceptors (Lipinski definition) is 4. The summed E-state index contributed by atoms with van der Waals surface area (Å²) < 4.78 is 4.75. The maximum absolute atomic E-state index is 11.3. The van der Waals surface area contributed by atoms with Crippen molar-refractivity contribution < 1.29 is 9.53 Å². The summed E-state index contributed by atoms with van der Waals surface area (Å²) in [6, 6.07) is 8.46. The normalized spacial score (nSPS) is 22.1. The highest BCUT2D eigenvalue weighted by Crippen LogP contribution is 2.23. The van der Waals surface area contributed by atoms with Crippen LogP contribution in [0.1, 0.15) is 12.8 Å². The highest BCUT2D eigenvalue weighted by molar-refractivity contribution is 5.91. The number of methoxy groups -OCH3 is 1. The summed E-state index contributed by atoms with van der Waals surface area (Å²) in [7, 11) is 1.50. The quantitative estimate of drug-likeness (QED) is 0.732. The van der Waals surface area contributed by atoms with Crippen molar-refractivity contribution in [1.82, 2.24) is 0 Å². The molecule has 0 unspecified atom stereocenters. The van der Waals surface area contributed by atoms with Gasteiger partial charge in [-0.1, -0.05) is 0 Å². The van der Waals surface area contributed by atoms with Crippen molar-refractivity contribution in [2.45, 2.75) is 24.9 Å². The second-order valence-electron chi connectivity index (χ2n) is 4.63. The van der Waals surface area contributed by atoms with E-state index in [0.29, 0.717) is 12.1 Å². The maximum atomic E-state index is 11.3. The van der Waals surface area contributed by atoms with E-state index in [4.69, 9.17) is 10.5 Å². The van der Waals surface area contributed by atoms with E-state index in [1.165, 1.54) is 7.11 Å². The third-order valence-electron chi connectivity index (χ3n) is 2.99. The molecule has 1 aliphatic carbocycles. The third kappa shape index (κ3) is 3.45. The minimum absolute atomic E-state index is 0.0694. The van der Waals surface area contributed by atoms with Gasteiger partial charge in [0.1, 0.15) is 6.61 Å². The van der Waals surface area contributed by atoms with E-state index in [1.54, 1.807) is 0 Å².